The van der Waals surface area contributed by atoms with Crippen molar-refractivity contribution in [3.05, 3.63) is 41.7 Å². The van der Waals surface area contributed by atoms with Gasteiger partial charge in [0.15, 0.2) is 0 Å². The summed E-state index contributed by atoms with van der Waals surface area (Å²) in [6.07, 6.45) is 6.35. The smallest absolute Gasteiger partial charge is 0.147 e. The number of piperidine rings is 1. The van der Waals surface area contributed by atoms with E-state index < -0.39 is 0 Å². The van der Waals surface area contributed by atoms with E-state index in [4.69, 9.17) is 0 Å². The molecule has 1 aliphatic heterocycles. The lowest BCUT2D eigenvalue weighted by Gasteiger charge is -2.37. The molecule has 0 N–H and O–H groups in total. The van der Waals surface area contributed by atoms with E-state index in [1.807, 2.05) is 32.3 Å². The summed E-state index contributed by atoms with van der Waals surface area (Å²) < 4.78 is 2.07. The molecule has 0 aliphatic carbocycles. The van der Waals surface area contributed by atoms with Crippen molar-refractivity contribution in [1.82, 2.24) is 24.6 Å². The lowest BCUT2D eigenvalue weighted by molar-refractivity contribution is 0.120. The Bertz CT molecular complexity index is 607. The number of pyridine rings is 1. The van der Waals surface area contributed by atoms with Gasteiger partial charge in [-0.25, -0.2) is 9.67 Å². The predicted octanol–water partition coefficient (Wildman–Crippen LogP) is 2.76. The van der Waals surface area contributed by atoms with Crippen LogP contribution in [0.5, 0.6) is 0 Å². The third kappa shape index (κ3) is 3.35. The summed E-state index contributed by atoms with van der Waals surface area (Å²) in [4.78, 5) is 11.2. The second kappa shape index (κ2) is 6.57. The van der Waals surface area contributed by atoms with Gasteiger partial charge in [0.1, 0.15) is 11.6 Å². The van der Waals surface area contributed by atoms with E-state index in [2.05, 4.69) is 37.6 Å². The maximum atomic E-state index is 4.51. The zero-order valence-corrected chi connectivity index (χ0v) is 13.7. The Hall–Kier alpha value is -1.75. The first-order valence-corrected chi connectivity index (χ1v) is 8.15. The fourth-order valence-corrected chi connectivity index (χ4v) is 3.41. The average Bonchev–Trinajstić information content (AvgIpc) is 2.85. The first-order valence-electron chi connectivity index (χ1n) is 8.15. The van der Waals surface area contributed by atoms with Crippen molar-refractivity contribution < 1.29 is 0 Å². The average molecular weight is 299 g/mol. The van der Waals surface area contributed by atoms with E-state index in [0.29, 0.717) is 12.0 Å². The van der Waals surface area contributed by atoms with Crippen LogP contribution in [0.4, 0.5) is 0 Å². The first-order chi connectivity index (χ1) is 10.6. The Balaban J connectivity index is 1.65. The molecule has 0 radical (unpaired) electrons. The highest BCUT2D eigenvalue weighted by Gasteiger charge is 2.25. The van der Waals surface area contributed by atoms with E-state index in [1.165, 1.54) is 24.9 Å². The van der Waals surface area contributed by atoms with Gasteiger partial charge in [-0.05, 0) is 57.7 Å². The number of aryl methyl sites for hydroxylation is 2. The third-order valence-corrected chi connectivity index (χ3v) is 4.66. The molecule has 0 bridgehead atoms. The fraction of sp³-hybridized carbons (Fsp3) is 0.588. The zero-order valence-electron chi connectivity index (χ0n) is 13.7. The fourth-order valence-electron chi connectivity index (χ4n) is 3.41. The molecule has 0 spiro atoms. The van der Waals surface area contributed by atoms with Crippen LogP contribution in [0.25, 0.3) is 0 Å². The van der Waals surface area contributed by atoms with Gasteiger partial charge in [0.2, 0.25) is 0 Å². The first kappa shape index (κ1) is 15.2. The topological polar surface area (TPSA) is 46.8 Å². The van der Waals surface area contributed by atoms with Crippen molar-refractivity contribution >= 4 is 0 Å². The second-order valence-corrected chi connectivity index (χ2v) is 6.35. The Morgan fingerprint density at radius 3 is 2.91 bits per heavy atom. The molecule has 118 valence electrons. The molecule has 1 aliphatic rings. The van der Waals surface area contributed by atoms with Gasteiger partial charge >= 0.3 is 0 Å². The van der Waals surface area contributed by atoms with Gasteiger partial charge in [-0.2, -0.15) is 5.10 Å². The van der Waals surface area contributed by atoms with Crippen molar-refractivity contribution in [2.24, 2.45) is 5.92 Å². The van der Waals surface area contributed by atoms with E-state index in [9.17, 15) is 0 Å². The Labute approximate surface area is 132 Å². The van der Waals surface area contributed by atoms with Crippen LogP contribution in [0.1, 0.15) is 43.0 Å². The number of hydrogen-bond donors (Lipinski definition) is 0. The number of aromatic nitrogens is 4. The van der Waals surface area contributed by atoms with Crippen molar-refractivity contribution in [2.75, 3.05) is 13.1 Å². The van der Waals surface area contributed by atoms with Gasteiger partial charge in [0, 0.05) is 31.5 Å². The van der Waals surface area contributed by atoms with E-state index in [-0.39, 0.29) is 0 Å². The summed E-state index contributed by atoms with van der Waals surface area (Å²) in [5.41, 5.74) is 1.30. The number of nitrogens with zero attached hydrogens (tertiary/aromatic N) is 5. The number of hydrogen-bond acceptors (Lipinski definition) is 4. The molecule has 2 aromatic heterocycles. The molecule has 1 saturated heterocycles. The highest BCUT2D eigenvalue weighted by Crippen LogP contribution is 2.27. The van der Waals surface area contributed by atoms with Gasteiger partial charge in [-0.15, -0.1) is 0 Å². The quantitative estimate of drug-likeness (QED) is 0.871. The van der Waals surface area contributed by atoms with Crippen LogP contribution in [-0.4, -0.2) is 37.7 Å². The van der Waals surface area contributed by atoms with Gasteiger partial charge in [0.05, 0.1) is 0 Å². The van der Waals surface area contributed by atoms with Crippen molar-refractivity contribution in [3.8, 4) is 0 Å². The van der Waals surface area contributed by atoms with E-state index >= 15 is 0 Å². The van der Waals surface area contributed by atoms with Gasteiger partial charge in [0.25, 0.3) is 0 Å². The third-order valence-electron chi connectivity index (χ3n) is 4.66. The van der Waals surface area contributed by atoms with E-state index in [1.54, 1.807) is 0 Å². The molecule has 2 atom stereocenters. The summed E-state index contributed by atoms with van der Waals surface area (Å²) in [6, 6.07) is 4.62. The minimum Gasteiger partial charge on any atom is -0.296 e. The summed E-state index contributed by atoms with van der Waals surface area (Å²) in [5.74, 6) is 2.54. The summed E-state index contributed by atoms with van der Waals surface area (Å²) in [6.45, 7) is 9.55. The Morgan fingerprint density at radius 1 is 1.36 bits per heavy atom. The molecule has 5 heteroatoms. The predicted molar refractivity (Wildman–Crippen MR) is 86.4 cm³/mol. The SMILES string of the molecule is Cc1nc(C)n(C[C@H]2CCCN([C@@H](C)c3cccnc3)C2)n1. The summed E-state index contributed by atoms with van der Waals surface area (Å²) in [7, 11) is 0. The van der Waals surface area contributed by atoms with Crippen LogP contribution >= 0.6 is 0 Å². The summed E-state index contributed by atoms with van der Waals surface area (Å²) in [5, 5.41) is 4.51. The highest BCUT2D eigenvalue weighted by atomic mass is 15.3. The van der Waals surface area contributed by atoms with Crippen LogP contribution < -0.4 is 0 Å². The van der Waals surface area contributed by atoms with Crippen LogP contribution in [0.3, 0.4) is 0 Å². The molecule has 2 aromatic rings. The van der Waals surface area contributed by atoms with Crippen molar-refractivity contribution in [3.63, 3.8) is 0 Å². The standard InChI is InChI=1S/C17H25N5/c1-13(17-7-4-8-18-10-17)21-9-5-6-16(11-21)12-22-15(3)19-14(2)20-22/h4,7-8,10,13,16H,5-6,9,11-12H2,1-3H3/t13-,16-/m0/s1. The van der Waals surface area contributed by atoms with Crippen molar-refractivity contribution in [1.29, 1.82) is 0 Å². The van der Waals surface area contributed by atoms with Gasteiger partial charge < -0.3 is 0 Å². The maximum Gasteiger partial charge on any atom is 0.147 e. The minimum absolute atomic E-state index is 0.426. The molecular formula is C17H25N5. The maximum absolute atomic E-state index is 4.51. The molecule has 0 saturated carbocycles. The Morgan fingerprint density at radius 2 is 2.23 bits per heavy atom. The lowest BCUT2D eigenvalue weighted by atomic mass is 9.95. The largest absolute Gasteiger partial charge is 0.296 e. The van der Waals surface area contributed by atoms with Crippen molar-refractivity contribution in [2.45, 2.75) is 46.2 Å². The molecule has 1 fully saturated rings. The number of likely N-dealkylation sites (tertiary alicyclic amines) is 1. The minimum atomic E-state index is 0.426. The van der Waals surface area contributed by atoms with Crippen LogP contribution in [0.15, 0.2) is 24.5 Å². The molecule has 0 unspecified atom stereocenters. The lowest BCUT2D eigenvalue weighted by Crippen LogP contribution is -2.38. The number of rotatable bonds is 4. The molecule has 5 nitrogen and oxygen atoms in total. The van der Waals surface area contributed by atoms with Gasteiger partial charge in [-0.1, -0.05) is 6.07 Å². The molecule has 3 heterocycles. The monoisotopic (exact) mass is 299 g/mol. The van der Waals surface area contributed by atoms with Crippen LogP contribution in [0, 0.1) is 19.8 Å². The highest BCUT2D eigenvalue weighted by molar-refractivity contribution is 5.13. The summed E-state index contributed by atoms with van der Waals surface area (Å²) >= 11 is 0. The molecule has 3 rings (SSSR count). The molecule has 0 amide bonds. The molecule has 22 heavy (non-hydrogen) atoms. The normalized spacial score (nSPS) is 21.0. The van der Waals surface area contributed by atoms with Gasteiger partial charge in [-0.3, -0.25) is 9.88 Å². The molecule has 0 aromatic carbocycles. The second-order valence-electron chi connectivity index (χ2n) is 6.35. The zero-order chi connectivity index (χ0) is 15.5. The Kier molecular flexibility index (Phi) is 4.52. The van der Waals surface area contributed by atoms with Crippen LogP contribution in [0.2, 0.25) is 0 Å². The molecular weight excluding hydrogens is 274 g/mol. The van der Waals surface area contributed by atoms with E-state index in [0.717, 1.165) is 24.7 Å². The van der Waals surface area contributed by atoms with Crippen LogP contribution in [-0.2, 0) is 6.54 Å².